The number of benzene rings is 1. The van der Waals surface area contributed by atoms with E-state index in [9.17, 15) is 4.39 Å². The molecule has 0 aromatic heterocycles. The standard InChI is InChI=1S/C15H25FN2/c1-4-18(11-6-5-8-13(2)17-3)15-10-7-9-14(16)12-15/h7,9-10,12-13,17H,4-6,8,11H2,1-3H3. The van der Waals surface area contributed by atoms with E-state index in [4.69, 9.17) is 0 Å². The van der Waals surface area contributed by atoms with Gasteiger partial charge in [-0.1, -0.05) is 12.5 Å². The van der Waals surface area contributed by atoms with Gasteiger partial charge in [0, 0.05) is 24.8 Å². The predicted molar refractivity (Wildman–Crippen MR) is 76.7 cm³/mol. The minimum Gasteiger partial charge on any atom is -0.372 e. The van der Waals surface area contributed by atoms with Gasteiger partial charge in [-0.25, -0.2) is 4.39 Å². The molecule has 0 heterocycles. The number of anilines is 1. The minimum absolute atomic E-state index is 0.158. The zero-order valence-electron chi connectivity index (χ0n) is 11.7. The Morgan fingerprint density at radius 3 is 2.72 bits per heavy atom. The van der Waals surface area contributed by atoms with Gasteiger partial charge in [-0.3, -0.25) is 0 Å². The van der Waals surface area contributed by atoms with E-state index < -0.39 is 0 Å². The molecule has 1 rings (SSSR count). The Balaban J connectivity index is 2.38. The SMILES string of the molecule is CCN(CCCCC(C)NC)c1cccc(F)c1. The second-order valence-electron chi connectivity index (χ2n) is 4.75. The second kappa shape index (κ2) is 8.09. The molecular formula is C15H25FN2. The lowest BCUT2D eigenvalue weighted by molar-refractivity contribution is 0.526. The Hall–Kier alpha value is -1.09. The summed E-state index contributed by atoms with van der Waals surface area (Å²) in [7, 11) is 2.00. The molecule has 3 heteroatoms. The number of unbranched alkanes of at least 4 members (excludes halogenated alkanes) is 1. The van der Waals surface area contributed by atoms with Gasteiger partial charge in [0.05, 0.1) is 0 Å². The molecule has 0 saturated heterocycles. The van der Waals surface area contributed by atoms with Gasteiger partial charge in [0.15, 0.2) is 0 Å². The molecule has 1 aromatic carbocycles. The molecule has 0 aliphatic carbocycles. The topological polar surface area (TPSA) is 15.3 Å². The third kappa shape index (κ3) is 5.05. The molecule has 18 heavy (non-hydrogen) atoms. The highest BCUT2D eigenvalue weighted by atomic mass is 19.1. The molecule has 0 amide bonds. The third-order valence-electron chi connectivity index (χ3n) is 3.36. The zero-order chi connectivity index (χ0) is 13.4. The Bertz CT molecular complexity index is 341. The summed E-state index contributed by atoms with van der Waals surface area (Å²) in [6, 6.07) is 7.43. The van der Waals surface area contributed by atoms with Crippen molar-refractivity contribution in [3.05, 3.63) is 30.1 Å². The van der Waals surface area contributed by atoms with Crippen LogP contribution in [0.4, 0.5) is 10.1 Å². The van der Waals surface area contributed by atoms with E-state index in [0.29, 0.717) is 6.04 Å². The molecule has 1 aromatic rings. The van der Waals surface area contributed by atoms with Crippen LogP contribution < -0.4 is 10.2 Å². The monoisotopic (exact) mass is 252 g/mol. The highest BCUT2D eigenvalue weighted by molar-refractivity contribution is 5.46. The molecule has 1 N–H and O–H groups in total. The normalized spacial score (nSPS) is 12.4. The van der Waals surface area contributed by atoms with Gasteiger partial charge in [0.1, 0.15) is 5.82 Å². The summed E-state index contributed by atoms with van der Waals surface area (Å²) in [5.41, 5.74) is 0.985. The lowest BCUT2D eigenvalue weighted by atomic mass is 10.1. The number of rotatable bonds is 8. The first-order valence-corrected chi connectivity index (χ1v) is 6.85. The van der Waals surface area contributed by atoms with Crippen molar-refractivity contribution in [3.63, 3.8) is 0 Å². The summed E-state index contributed by atoms with van der Waals surface area (Å²) >= 11 is 0. The molecule has 1 atom stereocenters. The highest BCUT2D eigenvalue weighted by Crippen LogP contribution is 2.16. The maximum absolute atomic E-state index is 13.2. The lowest BCUT2D eigenvalue weighted by Gasteiger charge is -2.23. The van der Waals surface area contributed by atoms with Crippen molar-refractivity contribution in [1.29, 1.82) is 0 Å². The summed E-state index contributed by atoms with van der Waals surface area (Å²) < 4.78 is 13.2. The first-order chi connectivity index (χ1) is 8.67. The summed E-state index contributed by atoms with van der Waals surface area (Å²) in [6.07, 6.45) is 3.54. The minimum atomic E-state index is -0.158. The third-order valence-corrected chi connectivity index (χ3v) is 3.36. The highest BCUT2D eigenvalue weighted by Gasteiger charge is 2.05. The maximum Gasteiger partial charge on any atom is 0.125 e. The van der Waals surface area contributed by atoms with Gasteiger partial charge in [0.25, 0.3) is 0 Å². The molecule has 0 spiro atoms. The summed E-state index contributed by atoms with van der Waals surface area (Å²) in [6.45, 7) is 6.23. The van der Waals surface area contributed by atoms with E-state index in [1.165, 1.54) is 18.9 Å². The number of nitrogens with one attached hydrogen (secondary N) is 1. The number of halogens is 1. The van der Waals surface area contributed by atoms with Crippen LogP contribution in [0.25, 0.3) is 0 Å². The molecule has 0 radical (unpaired) electrons. The fourth-order valence-electron chi connectivity index (χ4n) is 2.04. The summed E-state index contributed by atoms with van der Waals surface area (Å²) in [4.78, 5) is 2.23. The molecule has 0 bridgehead atoms. The first-order valence-electron chi connectivity index (χ1n) is 6.85. The van der Waals surface area contributed by atoms with Gasteiger partial charge in [-0.15, -0.1) is 0 Å². The van der Waals surface area contributed by atoms with E-state index in [2.05, 4.69) is 24.1 Å². The van der Waals surface area contributed by atoms with Crippen molar-refractivity contribution in [1.82, 2.24) is 5.32 Å². The Morgan fingerprint density at radius 2 is 2.11 bits per heavy atom. The van der Waals surface area contributed by atoms with Crippen molar-refractivity contribution in [2.45, 2.75) is 39.2 Å². The van der Waals surface area contributed by atoms with Crippen molar-refractivity contribution in [2.24, 2.45) is 0 Å². The fraction of sp³-hybridized carbons (Fsp3) is 0.600. The molecule has 0 saturated carbocycles. The lowest BCUT2D eigenvalue weighted by Crippen LogP contribution is -2.25. The van der Waals surface area contributed by atoms with Crippen LogP contribution in [0, 0.1) is 5.82 Å². The summed E-state index contributed by atoms with van der Waals surface area (Å²) in [5, 5.41) is 3.24. The fourth-order valence-corrected chi connectivity index (χ4v) is 2.04. The van der Waals surface area contributed by atoms with Gasteiger partial charge in [0.2, 0.25) is 0 Å². The molecule has 0 fully saturated rings. The van der Waals surface area contributed by atoms with Crippen molar-refractivity contribution in [2.75, 3.05) is 25.0 Å². The van der Waals surface area contributed by atoms with Crippen LogP contribution in [0.2, 0.25) is 0 Å². The van der Waals surface area contributed by atoms with Crippen LogP contribution in [0.15, 0.2) is 24.3 Å². The van der Waals surface area contributed by atoms with Gasteiger partial charge >= 0.3 is 0 Å². The first kappa shape index (κ1) is 15.0. The van der Waals surface area contributed by atoms with E-state index >= 15 is 0 Å². The van der Waals surface area contributed by atoms with Crippen LogP contribution in [0.1, 0.15) is 33.1 Å². The molecular weight excluding hydrogens is 227 g/mol. The zero-order valence-corrected chi connectivity index (χ0v) is 11.7. The number of nitrogens with zero attached hydrogens (tertiary/aromatic N) is 1. The number of hydrogen-bond acceptors (Lipinski definition) is 2. The van der Waals surface area contributed by atoms with Crippen LogP contribution in [-0.4, -0.2) is 26.2 Å². The van der Waals surface area contributed by atoms with Crippen molar-refractivity contribution in [3.8, 4) is 0 Å². The van der Waals surface area contributed by atoms with E-state index in [-0.39, 0.29) is 5.82 Å². The van der Waals surface area contributed by atoms with Gasteiger partial charge in [-0.2, -0.15) is 0 Å². The van der Waals surface area contributed by atoms with Crippen LogP contribution in [0.3, 0.4) is 0 Å². The van der Waals surface area contributed by atoms with E-state index in [1.807, 2.05) is 13.1 Å². The molecule has 0 aliphatic rings. The van der Waals surface area contributed by atoms with Crippen LogP contribution >= 0.6 is 0 Å². The van der Waals surface area contributed by atoms with Crippen LogP contribution in [-0.2, 0) is 0 Å². The maximum atomic E-state index is 13.2. The van der Waals surface area contributed by atoms with Crippen molar-refractivity contribution >= 4 is 5.69 Å². The Morgan fingerprint density at radius 1 is 1.33 bits per heavy atom. The Kier molecular flexibility index (Phi) is 6.73. The average molecular weight is 252 g/mol. The van der Waals surface area contributed by atoms with Crippen molar-refractivity contribution < 1.29 is 4.39 Å². The van der Waals surface area contributed by atoms with Crippen LogP contribution in [0.5, 0.6) is 0 Å². The van der Waals surface area contributed by atoms with E-state index in [1.54, 1.807) is 12.1 Å². The van der Waals surface area contributed by atoms with Gasteiger partial charge in [-0.05, 0) is 51.9 Å². The largest absolute Gasteiger partial charge is 0.372 e. The smallest absolute Gasteiger partial charge is 0.125 e. The van der Waals surface area contributed by atoms with E-state index in [0.717, 1.165) is 25.2 Å². The predicted octanol–water partition coefficient (Wildman–Crippen LogP) is 3.43. The quantitative estimate of drug-likeness (QED) is 0.713. The second-order valence-corrected chi connectivity index (χ2v) is 4.75. The Labute approximate surface area is 110 Å². The number of hydrogen-bond donors (Lipinski definition) is 1. The molecule has 102 valence electrons. The van der Waals surface area contributed by atoms with Gasteiger partial charge < -0.3 is 10.2 Å². The molecule has 2 nitrogen and oxygen atoms in total. The average Bonchev–Trinajstić information content (AvgIpc) is 2.38. The molecule has 1 unspecified atom stereocenters. The molecule has 0 aliphatic heterocycles. The summed E-state index contributed by atoms with van der Waals surface area (Å²) in [5.74, 6) is -0.158.